The van der Waals surface area contributed by atoms with Crippen molar-refractivity contribution in [3.05, 3.63) is 12.1 Å². The van der Waals surface area contributed by atoms with E-state index in [4.69, 9.17) is 15.2 Å². The van der Waals surface area contributed by atoms with Gasteiger partial charge in [-0.1, -0.05) is 19.8 Å². The highest BCUT2D eigenvalue weighted by molar-refractivity contribution is 5.72. The van der Waals surface area contributed by atoms with Gasteiger partial charge in [-0.15, -0.1) is 0 Å². The average Bonchev–Trinajstić information content (AvgIpc) is 2.45. The maximum absolute atomic E-state index is 6.09. The molecule has 4 heteroatoms. The van der Waals surface area contributed by atoms with Crippen molar-refractivity contribution in [2.75, 3.05) is 30.8 Å². The van der Waals surface area contributed by atoms with Crippen LogP contribution in [0.4, 0.5) is 11.4 Å². The van der Waals surface area contributed by atoms with E-state index in [0.29, 0.717) is 13.2 Å². The predicted molar refractivity (Wildman–Crippen MR) is 81.5 cm³/mol. The predicted octanol–water partition coefficient (Wildman–Crippen LogP) is 3.28. The van der Waals surface area contributed by atoms with Crippen LogP contribution >= 0.6 is 0 Å². The Balaban J connectivity index is 1.65. The number of rotatable bonds is 3. The zero-order valence-corrected chi connectivity index (χ0v) is 12.2. The third-order valence-electron chi connectivity index (χ3n) is 4.34. The van der Waals surface area contributed by atoms with Crippen LogP contribution in [0.5, 0.6) is 11.5 Å². The number of anilines is 2. The quantitative estimate of drug-likeness (QED) is 0.832. The number of nitrogens with one attached hydrogen (secondary N) is 1. The van der Waals surface area contributed by atoms with Gasteiger partial charge in [0.05, 0.1) is 11.4 Å². The van der Waals surface area contributed by atoms with Gasteiger partial charge in [0.25, 0.3) is 0 Å². The minimum atomic E-state index is 0.596. The smallest absolute Gasteiger partial charge is 0.163 e. The highest BCUT2D eigenvalue weighted by Crippen LogP contribution is 2.37. The van der Waals surface area contributed by atoms with E-state index in [1.54, 1.807) is 0 Å². The minimum absolute atomic E-state index is 0.596. The zero-order chi connectivity index (χ0) is 13.9. The van der Waals surface area contributed by atoms with Crippen LogP contribution in [0.25, 0.3) is 0 Å². The molecule has 110 valence electrons. The van der Waals surface area contributed by atoms with Crippen molar-refractivity contribution in [2.24, 2.45) is 11.8 Å². The molecule has 0 amide bonds. The summed E-state index contributed by atoms with van der Waals surface area (Å²) >= 11 is 0. The fourth-order valence-electron chi connectivity index (χ4n) is 3.26. The van der Waals surface area contributed by atoms with Gasteiger partial charge in [-0.25, -0.2) is 0 Å². The summed E-state index contributed by atoms with van der Waals surface area (Å²) in [7, 11) is 0. The van der Waals surface area contributed by atoms with Crippen LogP contribution in [-0.2, 0) is 0 Å². The molecule has 4 nitrogen and oxygen atoms in total. The Kier molecular flexibility index (Phi) is 3.90. The lowest BCUT2D eigenvalue weighted by molar-refractivity contribution is 0.172. The molecule has 0 spiro atoms. The molecule has 1 heterocycles. The maximum atomic E-state index is 6.09. The van der Waals surface area contributed by atoms with Gasteiger partial charge < -0.3 is 20.5 Å². The third-order valence-corrected chi connectivity index (χ3v) is 4.34. The largest absolute Gasteiger partial charge is 0.486 e. The monoisotopic (exact) mass is 276 g/mol. The van der Waals surface area contributed by atoms with Crippen molar-refractivity contribution < 1.29 is 9.47 Å². The van der Waals surface area contributed by atoms with Crippen molar-refractivity contribution >= 4 is 11.4 Å². The summed E-state index contributed by atoms with van der Waals surface area (Å²) in [5, 5.41) is 3.49. The van der Waals surface area contributed by atoms with E-state index in [9.17, 15) is 0 Å². The van der Waals surface area contributed by atoms with E-state index >= 15 is 0 Å². The number of ether oxygens (including phenoxy) is 2. The lowest BCUT2D eigenvalue weighted by Crippen LogP contribution is -2.21. The highest BCUT2D eigenvalue weighted by Gasteiger charge is 2.20. The Morgan fingerprint density at radius 1 is 1.20 bits per heavy atom. The summed E-state index contributed by atoms with van der Waals surface area (Å²) in [6, 6.07) is 3.83. The molecule has 0 bridgehead atoms. The lowest BCUT2D eigenvalue weighted by Gasteiger charge is -2.27. The van der Waals surface area contributed by atoms with Crippen LogP contribution < -0.4 is 20.5 Å². The number of nitrogen functional groups attached to an aromatic ring is 1. The fourth-order valence-corrected chi connectivity index (χ4v) is 3.26. The van der Waals surface area contributed by atoms with Crippen LogP contribution in [-0.4, -0.2) is 19.8 Å². The van der Waals surface area contributed by atoms with Crippen molar-refractivity contribution in [3.63, 3.8) is 0 Å². The molecule has 2 atom stereocenters. The topological polar surface area (TPSA) is 56.5 Å². The summed E-state index contributed by atoms with van der Waals surface area (Å²) < 4.78 is 11.1. The van der Waals surface area contributed by atoms with Gasteiger partial charge in [-0.3, -0.25) is 0 Å². The molecule has 1 aliphatic heterocycles. The highest BCUT2D eigenvalue weighted by atomic mass is 16.6. The molecule has 3 rings (SSSR count). The van der Waals surface area contributed by atoms with Gasteiger partial charge in [0.15, 0.2) is 11.5 Å². The molecule has 0 aromatic heterocycles. The van der Waals surface area contributed by atoms with E-state index in [2.05, 4.69) is 12.2 Å². The number of hydrogen-bond acceptors (Lipinski definition) is 4. The normalized spacial score (nSPS) is 25.2. The first-order valence-corrected chi connectivity index (χ1v) is 7.65. The number of benzene rings is 1. The van der Waals surface area contributed by atoms with Crippen LogP contribution in [0, 0.1) is 11.8 Å². The van der Waals surface area contributed by atoms with Crippen LogP contribution in [0.15, 0.2) is 12.1 Å². The van der Waals surface area contributed by atoms with Gasteiger partial charge in [0.1, 0.15) is 13.2 Å². The summed E-state index contributed by atoms with van der Waals surface area (Å²) in [6.07, 6.45) is 5.37. The van der Waals surface area contributed by atoms with Crippen LogP contribution in [0.3, 0.4) is 0 Å². The van der Waals surface area contributed by atoms with Crippen LogP contribution in [0.1, 0.15) is 32.6 Å². The molecule has 1 aromatic carbocycles. The lowest BCUT2D eigenvalue weighted by atomic mass is 9.82. The van der Waals surface area contributed by atoms with Gasteiger partial charge in [-0.2, -0.15) is 0 Å². The standard InChI is InChI=1S/C16H24N2O2/c1-11-3-2-4-12(7-11)10-18-14-9-16-15(8-13(14)17)19-5-6-20-16/h8-9,11-12,18H,2-7,10,17H2,1H3. The Hall–Kier alpha value is -1.58. The number of nitrogens with two attached hydrogens (primary N) is 1. The Bertz CT molecular complexity index is 476. The molecule has 0 radical (unpaired) electrons. The molecule has 0 saturated heterocycles. The fraction of sp³-hybridized carbons (Fsp3) is 0.625. The maximum Gasteiger partial charge on any atom is 0.163 e. The summed E-state index contributed by atoms with van der Waals surface area (Å²) in [6.45, 7) is 4.55. The van der Waals surface area contributed by atoms with E-state index in [0.717, 1.165) is 41.3 Å². The van der Waals surface area contributed by atoms with E-state index in [1.807, 2.05) is 12.1 Å². The molecule has 1 saturated carbocycles. The SMILES string of the molecule is CC1CCCC(CNc2cc3c(cc2N)OCCO3)C1. The molecule has 1 aliphatic carbocycles. The van der Waals surface area contributed by atoms with E-state index in [1.165, 1.54) is 25.7 Å². The van der Waals surface area contributed by atoms with Crippen molar-refractivity contribution in [2.45, 2.75) is 32.6 Å². The first kappa shape index (κ1) is 13.4. The van der Waals surface area contributed by atoms with Gasteiger partial charge in [0, 0.05) is 18.7 Å². The zero-order valence-electron chi connectivity index (χ0n) is 12.2. The second-order valence-electron chi connectivity index (χ2n) is 6.10. The summed E-state index contributed by atoms with van der Waals surface area (Å²) in [5.74, 6) is 3.16. The third kappa shape index (κ3) is 2.94. The van der Waals surface area contributed by atoms with E-state index in [-0.39, 0.29) is 0 Å². The van der Waals surface area contributed by atoms with Gasteiger partial charge >= 0.3 is 0 Å². The second kappa shape index (κ2) is 5.81. The summed E-state index contributed by atoms with van der Waals surface area (Å²) in [4.78, 5) is 0. The first-order chi connectivity index (χ1) is 9.72. The van der Waals surface area contributed by atoms with Crippen molar-refractivity contribution in [1.29, 1.82) is 0 Å². The Morgan fingerprint density at radius 3 is 2.70 bits per heavy atom. The molecule has 1 fully saturated rings. The van der Waals surface area contributed by atoms with Crippen LogP contribution in [0.2, 0.25) is 0 Å². The van der Waals surface area contributed by atoms with Crippen molar-refractivity contribution in [3.8, 4) is 11.5 Å². The first-order valence-electron chi connectivity index (χ1n) is 7.65. The molecule has 1 aromatic rings. The molecular formula is C16H24N2O2. The van der Waals surface area contributed by atoms with Gasteiger partial charge in [0.2, 0.25) is 0 Å². The Morgan fingerprint density at radius 2 is 1.95 bits per heavy atom. The molecule has 20 heavy (non-hydrogen) atoms. The molecule has 2 unspecified atom stereocenters. The average molecular weight is 276 g/mol. The molecule has 3 N–H and O–H groups in total. The minimum Gasteiger partial charge on any atom is -0.486 e. The molecular weight excluding hydrogens is 252 g/mol. The van der Waals surface area contributed by atoms with Crippen molar-refractivity contribution in [1.82, 2.24) is 0 Å². The second-order valence-corrected chi connectivity index (χ2v) is 6.10. The van der Waals surface area contributed by atoms with Gasteiger partial charge in [-0.05, 0) is 24.7 Å². The number of fused-ring (bicyclic) bond motifs is 1. The summed E-state index contributed by atoms with van der Waals surface area (Å²) in [5.41, 5.74) is 7.79. The number of hydrogen-bond donors (Lipinski definition) is 2. The molecule has 2 aliphatic rings. The van der Waals surface area contributed by atoms with E-state index < -0.39 is 0 Å². The Labute approximate surface area is 120 Å².